The zero-order chi connectivity index (χ0) is 12.2. The van der Waals surface area contributed by atoms with E-state index in [0.717, 1.165) is 19.8 Å². The molecule has 3 rings (SSSR count). The number of hydrogen-bond donors (Lipinski definition) is 1. The van der Waals surface area contributed by atoms with Gasteiger partial charge in [0.15, 0.2) is 0 Å². The van der Waals surface area contributed by atoms with Crippen LogP contribution in [0.15, 0.2) is 54.6 Å². The van der Waals surface area contributed by atoms with Crippen molar-refractivity contribution in [2.75, 3.05) is 19.8 Å². The van der Waals surface area contributed by atoms with Crippen molar-refractivity contribution < 1.29 is 4.74 Å². The normalized spacial score (nSPS) is 19.7. The molecular weight excluding hydrogens is 222 g/mol. The van der Waals surface area contributed by atoms with E-state index in [-0.39, 0.29) is 0 Å². The third-order valence-corrected chi connectivity index (χ3v) is 3.34. The van der Waals surface area contributed by atoms with Crippen LogP contribution in [0.1, 0.15) is 11.6 Å². The SMILES string of the molecule is c1ccc(-c2ccc(C3COCCN3)cc2)cc1. The molecule has 18 heavy (non-hydrogen) atoms. The number of nitrogens with one attached hydrogen (secondary N) is 1. The quantitative estimate of drug-likeness (QED) is 0.869. The molecular formula is C16H17NO. The average Bonchev–Trinajstić information content (AvgIpc) is 2.49. The Hall–Kier alpha value is -1.64. The Labute approximate surface area is 108 Å². The number of benzene rings is 2. The summed E-state index contributed by atoms with van der Waals surface area (Å²) < 4.78 is 5.49. The van der Waals surface area contributed by atoms with Crippen LogP contribution in [0.5, 0.6) is 0 Å². The molecule has 1 aliphatic heterocycles. The lowest BCUT2D eigenvalue weighted by Crippen LogP contribution is -2.34. The molecule has 0 amide bonds. The van der Waals surface area contributed by atoms with Gasteiger partial charge in [-0.3, -0.25) is 0 Å². The molecule has 1 heterocycles. The molecule has 1 aliphatic rings. The van der Waals surface area contributed by atoms with E-state index in [9.17, 15) is 0 Å². The highest BCUT2D eigenvalue weighted by Gasteiger charge is 2.14. The lowest BCUT2D eigenvalue weighted by atomic mass is 10.0. The van der Waals surface area contributed by atoms with E-state index in [1.54, 1.807) is 0 Å². The molecule has 2 heteroatoms. The summed E-state index contributed by atoms with van der Waals surface area (Å²) in [6, 6.07) is 19.5. The monoisotopic (exact) mass is 239 g/mol. The number of morpholine rings is 1. The first-order chi connectivity index (χ1) is 8.93. The van der Waals surface area contributed by atoms with Gasteiger partial charge in [0, 0.05) is 6.54 Å². The van der Waals surface area contributed by atoms with Crippen LogP contribution in [0, 0.1) is 0 Å². The smallest absolute Gasteiger partial charge is 0.0662 e. The minimum absolute atomic E-state index is 0.337. The van der Waals surface area contributed by atoms with Crippen molar-refractivity contribution in [2.45, 2.75) is 6.04 Å². The van der Waals surface area contributed by atoms with E-state index in [0.29, 0.717) is 6.04 Å². The van der Waals surface area contributed by atoms with Crippen LogP contribution < -0.4 is 5.32 Å². The van der Waals surface area contributed by atoms with E-state index in [1.807, 2.05) is 6.07 Å². The fourth-order valence-corrected chi connectivity index (χ4v) is 2.32. The lowest BCUT2D eigenvalue weighted by molar-refractivity contribution is 0.0769. The van der Waals surface area contributed by atoms with Crippen LogP contribution in [0.4, 0.5) is 0 Å². The average molecular weight is 239 g/mol. The molecule has 0 radical (unpaired) electrons. The van der Waals surface area contributed by atoms with Gasteiger partial charge in [-0.15, -0.1) is 0 Å². The molecule has 2 aromatic carbocycles. The number of hydrogen-bond acceptors (Lipinski definition) is 2. The van der Waals surface area contributed by atoms with Crippen LogP contribution in [0.3, 0.4) is 0 Å². The van der Waals surface area contributed by atoms with Crippen molar-refractivity contribution in [3.63, 3.8) is 0 Å². The largest absolute Gasteiger partial charge is 0.378 e. The molecule has 2 nitrogen and oxygen atoms in total. The van der Waals surface area contributed by atoms with Crippen molar-refractivity contribution >= 4 is 0 Å². The summed E-state index contributed by atoms with van der Waals surface area (Å²) in [5.74, 6) is 0. The van der Waals surface area contributed by atoms with Gasteiger partial charge in [0.25, 0.3) is 0 Å². The minimum Gasteiger partial charge on any atom is -0.378 e. The second-order valence-electron chi connectivity index (χ2n) is 4.57. The molecule has 1 fully saturated rings. The highest BCUT2D eigenvalue weighted by atomic mass is 16.5. The topological polar surface area (TPSA) is 21.3 Å². The van der Waals surface area contributed by atoms with E-state index in [4.69, 9.17) is 4.74 Å². The first-order valence-electron chi connectivity index (χ1n) is 6.40. The van der Waals surface area contributed by atoms with E-state index in [1.165, 1.54) is 16.7 Å². The Balaban J connectivity index is 1.80. The van der Waals surface area contributed by atoms with Gasteiger partial charge in [-0.25, -0.2) is 0 Å². The van der Waals surface area contributed by atoms with Crippen molar-refractivity contribution in [1.29, 1.82) is 0 Å². The first-order valence-corrected chi connectivity index (χ1v) is 6.40. The summed E-state index contributed by atoms with van der Waals surface area (Å²) in [6.45, 7) is 2.52. The summed E-state index contributed by atoms with van der Waals surface area (Å²) in [4.78, 5) is 0. The second-order valence-corrected chi connectivity index (χ2v) is 4.57. The zero-order valence-corrected chi connectivity index (χ0v) is 10.3. The highest BCUT2D eigenvalue weighted by Crippen LogP contribution is 2.22. The van der Waals surface area contributed by atoms with Crippen LogP contribution >= 0.6 is 0 Å². The van der Waals surface area contributed by atoms with Crippen molar-refractivity contribution in [3.8, 4) is 11.1 Å². The Bertz CT molecular complexity index is 486. The van der Waals surface area contributed by atoms with Crippen LogP contribution in [-0.2, 0) is 4.74 Å². The Morgan fingerprint density at radius 3 is 2.28 bits per heavy atom. The summed E-state index contributed by atoms with van der Waals surface area (Å²) in [5, 5.41) is 3.47. The fourth-order valence-electron chi connectivity index (χ4n) is 2.32. The van der Waals surface area contributed by atoms with Gasteiger partial charge in [-0.05, 0) is 16.7 Å². The molecule has 0 bridgehead atoms. The standard InChI is InChI=1S/C16H17NO/c1-2-4-13(5-3-1)14-6-8-15(9-7-14)16-12-18-11-10-17-16/h1-9,16-17H,10-12H2. The molecule has 1 saturated heterocycles. The predicted molar refractivity (Wildman–Crippen MR) is 73.4 cm³/mol. The van der Waals surface area contributed by atoms with Crippen LogP contribution in [0.25, 0.3) is 11.1 Å². The highest BCUT2D eigenvalue weighted by molar-refractivity contribution is 5.63. The summed E-state index contributed by atoms with van der Waals surface area (Å²) in [7, 11) is 0. The van der Waals surface area contributed by atoms with Gasteiger partial charge < -0.3 is 10.1 Å². The van der Waals surface area contributed by atoms with Crippen LogP contribution in [0.2, 0.25) is 0 Å². The maximum Gasteiger partial charge on any atom is 0.0662 e. The Kier molecular flexibility index (Phi) is 3.40. The Morgan fingerprint density at radius 1 is 0.889 bits per heavy atom. The summed E-state index contributed by atoms with van der Waals surface area (Å²) in [5.41, 5.74) is 3.82. The lowest BCUT2D eigenvalue weighted by Gasteiger charge is -2.24. The zero-order valence-electron chi connectivity index (χ0n) is 10.3. The van der Waals surface area contributed by atoms with Gasteiger partial charge >= 0.3 is 0 Å². The third-order valence-electron chi connectivity index (χ3n) is 3.34. The molecule has 92 valence electrons. The molecule has 1 atom stereocenters. The van der Waals surface area contributed by atoms with Gasteiger partial charge in [0.2, 0.25) is 0 Å². The van der Waals surface area contributed by atoms with Crippen molar-refractivity contribution in [3.05, 3.63) is 60.2 Å². The maximum atomic E-state index is 5.49. The van der Waals surface area contributed by atoms with E-state index >= 15 is 0 Å². The summed E-state index contributed by atoms with van der Waals surface area (Å²) in [6.07, 6.45) is 0. The Morgan fingerprint density at radius 2 is 1.61 bits per heavy atom. The molecule has 0 aliphatic carbocycles. The van der Waals surface area contributed by atoms with Gasteiger partial charge in [0.05, 0.1) is 19.3 Å². The third kappa shape index (κ3) is 2.45. The molecule has 1 unspecified atom stereocenters. The molecule has 0 aromatic heterocycles. The predicted octanol–water partition coefficient (Wildman–Crippen LogP) is 3.01. The number of rotatable bonds is 2. The number of ether oxygens (including phenoxy) is 1. The second kappa shape index (κ2) is 5.34. The van der Waals surface area contributed by atoms with Gasteiger partial charge in [-0.2, -0.15) is 0 Å². The molecule has 2 aromatic rings. The molecule has 0 saturated carbocycles. The minimum atomic E-state index is 0.337. The maximum absolute atomic E-state index is 5.49. The van der Waals surface area contributed by atoms with E-state index in [2.05, 4.69) is 53.8 Å². The van der Waals surface area contributed by atoms with Crippen LogP contribution in [-0.4, -0.2) is 19.8 Å². The van der Waals surface area contributed by atoms with Gasteiger partial charge in [-0.1, -0.05) is 54.6 Å². The van der Waals surface area contributed by atoms with Crippen molar-refractivity contribution in [2.24, 2.45) is 0 Å². The van der Waals surface area contributed by atoms with Gasteiger partial charge in [0.1, 0.15) is 0 Å². The summed E-state index contributed by atoms with van der Waals surface area (Å²) >= 11 is 0. The first kappa shape index (κ1) is 11.5. The van der Waals surface area contributed by atoms with Crippen molar-refractivity contribution in [1.82, 2.24) is 5.32 Å². The fraction of sp³-hybridized carbons (Fsp3) is 0.250. The molecule has 0 spiro atoms. The molecule has 1 N–H and O–H groups in total. The van der Waals surface area contributed by atoms with E-state index < -0.39 is 0 Å².